The van der Waals surface area contributed by atoms with E-state index in [-0.39, 0.29) is 5.91 Å². The largest absolute Gasteiger partial charge is 0.494 e. The number of unbranched alkanes of at least 4 members (excludes halogenated alkanes) is 1. The Morgan fingerprint density at radius 2 is 1.71 bits per heavy atom. The van der Waals surface area contributed by atoms with Gasteiger partial charge in [0.1, 0.15) is 11.6 Å². The van der Waals surface area contributed by atoms with Gasteiger partial charge in [0, 0.05) is 11.6 Å². The fraction of sp³-hybridized carbons (Fsp3) is 0.259. The normalized spacial score (nSPS) is 11.1. The van der Waals surface area contributed by atoms with Crippen molar-refractivity contribution >= 4 is 40.1 Å². The average molecular weight is 496 g/mol. The number of rotatable bonds is 9. The van der Waals surface area contributed by atoms with Gasteiger partial charge in [-0.05, 0) is 74.2 Å². The van der Waals surface area contributed by atoms with E-state index < -0.39 is 0 Å². The first-order valence-corrected chi connectivity index (χ1v) is 12.1. The molecule has 176 valence electrons. The Morgan fingerprint density at radius 3 is 2.47 bits per heavy atom. The maximum absolute atomic E-state index is 12.6. The third-order valence-electron chi connectivity index (χ3n) is 5.71. The molecule has 0 atom stereocenters. The number of hydrogen-bond donors (Lipinski definition) is 1. The first kappa shape index (κ1) is 24.1. The highest BCUT2D eigenvalue weighted by Gasteiger charge is 2.14. The molecule has 3 aromatic carbocycles. The van der Waals surface area contributed by atoms with Gasteiger partial charge in [-0.3, -0.25) is 4.79 Å². The van der Waals surface area contributed by atoms with Gasteiger partial charge in [-0.1, -0.05) is 47.5 Å². The lowest BCUT2D eigenvalue weighted by atomic mass is 10.1. The van der Waals surface area contributed by atoms with Gasteiger partial charge in [0.25, 0.3) is 5.91 Å². The number of amides is 1. The molecular formula is C27H27Cl2N3O2. The van der Waals surface area contributed by atoms with E-state index in [1.165, 1.54) is 0 Å². The smallest absolute Gasteiger partial charge is 0.253 e. The molecule has 0 aliphatic carbocycles. The van der Waals surface area contributed by atoms with E-state index in [9.17, 15) is 4.79 Å². The molecule has 0 saturated heterocycles. The van der Waals surface area contributed by atoms with Crippen molar-refractivity contribution in [3.8, 4) is 5.75 Å². The molecule has 5 nitrogen and oxygen atoms in total. The average Bonchev–Trinajstić information content (AvgIpc) is 3.18. The summed E-state index contributed by atoms with van der Waals surface area (Å²) in [5.74, 6) is 1.44. The minimum absolute atomic E-state index is 0.217. The SMILES string of the molecule is Cc1cc(OCCCCn2c(CNC(=O)c3ccccc3Cl)nc3ccccc32)cc(C)c1Cl. The second-order valence-corrected chi connectivity index (χ2v) is 9.04. The summed E-state index contributed by atoms with van der Waals surface area (Å²) in [6.07, 6.45) is 1.80. The van der Waals surface area contributed by atoms with Crippen molar-refractivity contribution in [1.29, 1.82) is 0 Å². The Labute approximate surface area is 209 Å². The standard InChI is InChI=1S/C27H27Cl2N3O2/c1-18-15-20(16-19(2)26(18)29)34-14-8-7-13-32-24-12-6-5-11-23(24)31-25(32)17-30-27(33)21-9-3-4-10-22(21)28/h3-6,9-12,15-16H,7-8,13-14,17H2,1-2H3,(H,30,33). The molecule has 0 bridgehead atoms. The number of hydrogen-bond acceptors (Lipinski definition) is 3. The van der Waals surface area contributed by atoms with Crippen LogP contribution < -0.4 is 10.1 Å². The van der Waals surface area contributed by atoms with E-state index in [0.717, 1.165) is 58.1 Å². The first-order valence-electron chi connectivity index (χ1n) is 11.3. The number of aromatic nitrogens is 2. The Balaban J connectivity index is 1.38. The summed E-state index contributed by atoms with van der Waals surface area (Å²) < 4.78 is 8.11. The van der Waals surface area contributed by atoms with E-state index in [2.05, 4.69) is 16.0 Å². The van der Waals surface area contributed by atoms with Crippen LogP contribution in [0.1, 0.15) is 40.2 Å². The summed E-state index contributed by atoms with van der Waals surface area (Å²) in [6, 6.07) is 19.0. The van der Waals surface area contributed by atoms with E-state index in [1.807, 2.05) is 44.2 Å². The minimum Gasteiger partial charge on any atom is -0.494 e. The third-order valence-corrected chi connectivity index (χ3v) is 6.64. The number of nitrogens with zero attached hydrogens (tertiary/aromatic N) is 2. The number of benzene rings is 3. The van der Waals surface area contributed by atoms with Crippen molar-refractivity contribution in [2.24, 2.45) is 0 Å². The zero-order valence-corrected chi connectivity index (χ0v) is 20.8. The van der Waals surface area contributed by atoms with Crippen molar-refractivity contribution in [3.05, 3.63) is 93.2 Å². The lowest BCUT2D eigenvalue weighted by Crippen LogP contribution is -2.25. The van der Waals surface area contributed by atoms with E-state index in [0.29, 0.717) is 23.7 Å². The number of carbonyl (C=O) groups excluding carboxylic acids is 1. The van der Waals surface area contributed by atoms with Crippen LogP contribution in [-0.2, 0) is 13.1 Å². The van der Waals surface area contributed by atoms with Crippen molar-refractivity contribution in [3.63, 3.8) is 0 Å². The highest BCUT2D eigenvalue weighted by atomic mass is 35.5. The van der Waals surface area contributed by atoms with Crippen LogP contribution in [0.15, 0.2) is 60.7 Å². The molecule has 4 rings (SSSR count). The lowest BCUT2D eigenvalue weighted by Gasteiger charge is -2.12. The highest BCUT2D eigenvalue weighted by Crippen LogP contribution is 2.26. The van der Waals surface area contributed by atoms with Crippen LogP contribution in [0.5, 0.6) is 5.75 Å². The summed E-state index contributed by atoms with van der Waals surface area (Å²) >= 11 is 12.4. The molecule has 0 aliphatic rings. The third kappa shape index (κ3) is 5.54. The van der Waals surface area contributed by atoms with Crippen molar-refractivity contribution in [2.75, 3.05) is 6.61 Å². The Hall–Kier alpha value is -3.02. The zero-order valence-electron chi connectivity index (χ0n) is 19.3. The molecular weight excluding hydrogens is 469 g/mol. The number of nitrogens with one attached hydrogen (secondary N) is 1. The molecule has 0 saturated carbocycles. The van der Waals surface area contributed by atoms with Crippen LogP contribution in [0.4, 0.5) is 0 Å². The van der Waals surface area contributed by atoms with Gasteiger partial charge in [-0.25, -0.2) is 4.98 Å². The van der Waals surface area contributed by atoms with Gasteiger partial charge in [-0.2, -0.15) is 0 Å². The van der Waals surface area contributed by atoms with E-state index in [1.54, 1.807) is 24.3 Å². The Bertz CT molecular complexity index is 1290. The second kappa shape index (κ2) is 10.9. The fourth-order valence-electron chi connectivity index (χ4n) is 3.96. The molecule has 0 fully saturated rings. The van der Waals surface area contributed by atoms with Crippen LogP contribution >= 0.6 is 23.2 Å². The van der Waals surface area contributed by atoms with Crippen LogP contribution in [-0.4, -0.2) is 22.1 Å². The summed E-state index contributed by atoms with van der Waals surface area (Å²) in [5, 5.41) is 4.17. The van der Waals surface area contributed by atoms with Crippen LogP contribution in [0, 0.1) is 13.8 Å². The topological polar surface area (TPSA) is 56.1 Å². The molecule has 0 aliphatic heterocycles. The van der Waals surface area contributed by atoms with Crippen molar-refractivity contribution in [1.82, 2.24) is 14.9 Å². The lowest BCUT2D eigenvalue weighted by molar-refractivity contribution is 0.0949. The quantitative estimate of drug-likeness (QED) is 0.261. The van der Waals surface area contributed by atoms with Gasteiger partial charge in [0.15, 0.2) is 0 Å². The van der Waals surface area contributed by atoms with Crippen LogP contribution in [0.3, 0.4) is 0 Å². The number of ether oxygens (including phenoxy) is 1. The van der Waals surface area contributed by atoms with E-state index >= 15 is 0 Å². The predicted molar refractivity (Wildman–Crippen MR) is 138 cm³/mol. The number of para-hydroxylation sites is 2. The number of aryl methyl sites for hydroxylation is 3. The molecule has 0 radical (unpaired) electrons. The minimum atomic E-state index is -0.217. The molecule has 1 heterocycles. The van der Waals surface area contributed by atoms with Crippen molar-refractivity contribution < 1.29 is 9.53 Å². The predicted octanol–water partition coefficient (Wildman–Crippen LogP) is 6.75. The summed E-state index contributed by atoms with van der Waals surface area (Å²) in [5.41, 5.74) is 4.45. The monoisotopic (exact) mass is 495 g/mol. The molecule has 34 heavy (non-hydrogen) atoms. The van der Waals surface area contributed by atoms with Crippen LogP contribution in [0.25, 0.3) is 11.0 Å². The van der Waals surface area contributed by atoms with E-state index in [4.69, 9.17) is 32.9 Å². The Kier molecular flexibility index (Phi) is 7.76. The first-order chi connectivity index (χ1) is 16.4. The van der Waals surface area contributed by atoms with Gasteiger partial charge >= 0.3 is 0 Å². The van der Waals surface area contributed by atoms with Gasteiger partial charge in [0.05, 0.1) is 34.8 Å². The van der Waals surface area contributed by atoms with Crippen LogP contribution in [0.2, 0.25) is 10.0 Å². The van der Waals surface area contributed by atoms with Gasteiger partial charge < -0.3 is 14.6 Å². The maximum Gasteiger partial charge on any atom is 0.253 e. The zero-order chi connectivity index (χ0) is 24.1. The summed E-state index contributed by atoms with van der Waals surface area (Å²) in [4.78, 5) is 17.4. The molecule has 4 aromatic rings. The molecule has 1 amide bonds. The number of carbonyl (C=O) groups is 1. The molecule has 0 unspecified atom stereocenters. The van der Waals surface area contributed by atoms with Gasteiger partial charge in [0.2, 0.25) is 0 Å². The maximum atomic E-state index is 12.6. The second-order valence-electron chi connectivity index (χ2n) is 8.26. The van der Waals surface area contributed by atoms with Gasteiger partial charge in [-0.15, -0.1) is 0 Å². The Morgan fingerprint density at radius 1 is 1.00 bits per heavy atom. The fourth-order valence-corrected chi connectivity index (χ4v) is 4.29. The highest BCUT2D eigenvalue weighted by molar-refractivity contribution is 6.33. The number of halogens is 2. The number of fused-ring (bicyclic) bond motifs is 1. The summed E-state index contributed by atoms with van der Waals surface area (Å²) in [6.45, 7) is 5.68. The molecule has 7 heteroatoms. The van der Waals surface area contributed by atoms with Crippen molar-refractivity contribution in [2.45, 2.75) is 39.8 Å². The summed E-state index contributed by atoms with van der Waals surface area (Å²) in [7, 11) is 0. The number of imidazole rings is 1. The molecule has 0 spiro atoms. The molecule has 1 N–H and O–H groups in total. The molecule has 1 aromatic heterocycles.